The van der Waals surface area contributed by atoms with E-state index in [0.717, 1.165) is 51.9 Å². The SMILES string of the molecule is C[C@@H](c1ccccc1)N(C)C[C@@H]1C[C@H](c2ccc(CO)cc2)O[C@H](c2ccc(-c3ccccc3CNC(=O)NCc3ccccc3)cc2)O1. The zero-order chi connectivity index (χ0) is 34.0. The van der Waals surface area contributed by atoms with Crippen LogP contribution < -0.4 is 10.6 Å². The maximum absolute atomic E-state index is 12.6. The minimum absolute atomic E-state index is 0.00926. The first-order valence-electron chi connectivity index (χ1n) is 17.0. The molecule has 1 fully saturated rings. The molecule has 7 heteroatoms. The van der Waals surface area contributed by atoms with Crippen LogP contribution in [0.5, 0.6) is 0 Å². The van der Waals surface area contributed by atoms with Crippen LogP contribution in [0.4, 0.5) is 4.79 Å². The molecule has 1 heterocycles. The lowest BCUT2D eigenvalue weighted by Gasteiger charge is -2.39. The van der Waals surface area contributed by atoms with Crippen LogP contribution in [-0.2, 0) is 29.2 Å². The molecule has 49 heavy (non-hydrogen) atoms. The van der Waals surface area contributed by atoms with E-state index < -0.39 is 6.29 Å². The molecule has 1 saturated heterocycles. The van der Waals surface area contributed by atoms with Gasteiger partial charge in [0.15, 0.2) is 6.29 Å². The average Bonchev–Trinajstić information content (AvgIpc) is 3.16. The Kier molecular flexibility index (Phi) is 11.5. The monoisotopic (exact) mass is 655 g/mol. The van der Waals surface area contributed by atoms with Gasteiger partial charge in [-0.05, 0) is 52.9 Å². The van der Waals surface area contributed by atoms with Crippen molar-refractivity contribution in [3.05, 3.63) is 167 Å². The van der Waals surface area contributed by atoms with Gasteiger partial charge >= 0.3 is 6.03 Å². The third-order valence-electron chi connectivity index (χ3n) is 9.30. The quantitative estimate of drug-likeness (QED) is 0.127. The summed E-state index contributed by atoms with van der Waals surface area (Å²) in [5.41, 5.74) is 8.33. The van der Waals surface area contributed by atoms with Gasteiger partial charge < -0.3 is 25.2 Å². The molecule has 4 atom stereocenters. The Hall–Kier alpha value is -4.79. The number of hydrogen-bond acceptors (Lipinski definition) is 5. The molecule has 0 unspecified atom stereocenters. The number of benzene rings is 5. The lowest BCUT2D eigenvalue weighted by molar-refractivity contribution is -0.253. The van der Waals surface area contributed by atoms with Crippen LogP contribution in [0.3, 0.4) is 0 Å². The van der Waals surface area contributed by atoms with Crippen molar-refractivity contribution in [3.63, 3.8) is 0 Å². The highest BCUT2D eigenvalue weighted by Gasteiger charge is 2.33. The van der Waals surface area contributed by atoms with Gasteiger partial charge in [-0.2, -0.15) is 0 Å². The lowest BCUT2D eigenvalue weighted by atomic mass is 9.97. The van der Waals surface area contributed by atoms with Gasteiger partial charge in [-0.3, -0.25) is 4.90 Å². The molecule has 0 saturated carbocycles. The van der Waals surface area contributed by atoms with Crippen molar-refractivity contribution in [3.8, 4) is 11.1 Å². The molecular formula is C42H45N3O4. The summed E-state index contributed by atoms with van der Waals surface area (Å²) < 4.78 is 13.3. The molecule has 252 valence electrons. The van der Waals surface area contributed by atoms with Crippen molar-refractivity contribution in [1.29, 1.82) is 0 Å². The third-order valence-corrected chi connectivity index (χ3v) is 9.30. The molecule has 0 aromatic heterocycles. The Labute approximate surface area is 289 Å². The summed E-state index contributed by atoms with van der Waals surface area (Å²) in [7, 11) is 2.14. The first-order chi connectivity index (χ1) is 24.0. The van der Waals surface area contributed by atoms with Crippen LogP contribution in [-0.4, -0.2) is 35.7 Å². The number of nitrogens with zero attached hydrogens (tertiary/aromatic N) is 1. The Morgan fingerprint density at radius 3 is 2.10 bits per heavy atom. The number of aliphatic hydroxyl groups is 1. The van der Waals surface area contributed by atoms with Crippen molar-refractivity contribution in [2.45, 2.75) is 57.6 Å². The van der Waals surface area contributed by atoms with E-state index in [1.54, 1.807) is 0 Å². The Bertz CT molecular complexity index is 1760. The fourth-order valence-electron chi connectivity index (χ4n) is 6.29. The lowest BCUT2D eigenvalue weighted by Crippen LogP contribution is -2.38. The second-order valence-corrected chi connectivity index (χ2v) is 12.7. The standard InChI is InChI=1S/C42H45N3O4/c1-30(33-13-7-4-8-14-33)45(2)28-38-25-40(35-19-17-32(29-46)18-20-35)49-41(48-38)36-23-21-34(22-24-36)39-16-10-9-15-37(39)27-44-42(47)43-26-31-11-5-3-6-12-31/h3-24,30,38,40-41,46H,25-29H2,1-2H3,(H2,43,44,47)/t30-,38-,40+,41+/m0/s1. The molecule has 5 aromatic carbocycles. The molecule has 0 radical (unpaired) electrons. The van der Waals surface area contributed by atoms with Crippen molar-refractivity contribution in [2.24, 2.45) is 0 Å². The summed E-state index contributed by atoms with van der Waals surface area (Å²) in [6.45, 7) is 3.86. The first-order valence-corrected chi connectivity index (χ1v) is 17.0. The van der Waals surface area contributed by atoms with E-state index in [2.05, 4.69) is 84.1 Å². The summed E-state index contributed by atoms with van der Waals surface area (Å²) in [6.07, 6.45) is -0.0348. The van der Waals surface area contributed by atoms with Crippen LogP contribution in [0.2, 0.25) is 0 Å². The predicted octanol–water partition coefficient (Wildman–Crippen LogP) is 8.08. The smallest absolute Gasteiger partial charge is 0.315 e. The Morgan fingerprint density at radius 1 is 0.755 bits per heavy atom. The summed E-state index contributed by atoms with van der Waals surface area (Å²) in [6, 6.07) is 44.9. The van der Waals surface area contributed by atoms with Gasteiger partial charge in [-0.15, -0.1) is 0 Å². The molecule has 7 nitrogen and oxygen atoms in total. The Balaban J connectivity index is 1.15. The van der Waals surface area contributed by atoms with Crippen molar-refractivity contribution in [2.75, 3.05) is 13.6 Å². The van der Waals surface area contributed by atoms with Crippen molar-refractivity contribution >= 4 is 6.03 Å². The normalized spacial score (nSPS) is 18.2. The van der Waals surface area contributed by atoms with Gasteiger partial charge in [0.1, 0.15) is 0 Å². The molecule has 5 aromatic rings. The average molecular weight is 656 g/mol. The molecule has 0 aliphatic carbocycles. The number of nitrogens with one attached hydrogen (secondary N) is 2. The zero-order valence-electron chi connectivity index (χ0n) is 28.2. The van der Waals surface area contributed by atoms with Gasteiger partial charge in [0.2, 0.25) is 0 Å². The number of aliphatic hydroxyl groups excluding tert-OH is 1. The second-order valence-electron chi connectivity index (χ2n) is 12.7. The van der Waals surface area contributed by atoms with Crippen molar-refractivity contribution < 1.29 is 19.4 Å². The number of amides is 2. The fraction of sp³-hybridized carbons (Fsp3) is 0.262. The molecule has 0 spiro atoms. The molecule has 1 aliphatic heterocycles. The molecule has 1 aliphatic rings. The summed E-state index contributed by atoms with van der Waals surface area (Å²) in [4.78, 5) is 14.9. The highest BCUT2D eigenvalue weighted by molar-refractivity contribution is 5.75. The number of carbonyl (C=O) groups is 1. The van der Waals surface area contributed by atoms with E-state index in [-0.39, 0.29) is 30.9 Å². The maximum atomic E-state index is 12.6. The first kappa shape index (κ1) is 34.1. The second kappa shape index (κ2) is 16.5. The highest BCUT2D eigenvalue weighted by atomic mass is 16.7. The van der Waals surface area contributed by atoms with Gasteiger partial charge in [-0.1, -0.05) is 133 Å². The minimum atomic E-state index is -0.541. The third kappa shape index (κ3) is 9.02. The predicted molar refractivity (Wildman–Crippen MR) is 193 cm³/mol. The molecule has 6 rings (SSSR count). The van der Waals surface area contributed by atoms with Crippen molar-refractivity contribution in [1.82, 2.24) is 15.5 Å². The Morgan fingerprint density at radius 2 is 1.39 bits per heavy atom. The number of rotatable bonds is 12. The van der Waals surface area contributed by atoms with E-state index in [0.29, 0.717) is 13.1 Å². The zero-order valence-corrected chi connectivity index (χ0v) is 28.2. The van der Waals surface area contributed by atoms with Crippen LogP contribution >= 0.6 is 0 Å². The molecule has 3 N–H and O–H groups in total. The number of hydrogen-bond donors (Lipinski definition) is 3. The number of likely N-dealkylation sites (N-methyl/N-ethyl adjacent to an activating group) is 1. The fourth-order valence-corrected chi connectivity index (χ4v) is 6.29. The summed E-state index contributed by atoms with van der Waals surface area (Å²) in [5.74, 6) is 0. The van der Waals surface area contributed by atoms with E-state index in [1.165, 1.54) is 5.56 Å². The largest absolute Gasteiger partial charge is 0.392 e. The molecule has 2 amide bonds. The molecular weight excluding hydrogens is 610 g/mol. The van der Waals surface area contributed by atoms with Gasteiger partial charge in [0.25, 0.3) is 0 Å². The van der Waals surface area contributed by atoms with Crippen LogP contribution in [0.1, 0.15) is 65.2 Å². The van der Waals surface area contributed by atoms with Gasteiger partial charge in [0.05, 0.1) is 18.8 Å². The summed E-state index contributed by atoms with van der Waals surface area (Å²) in [5, 5.41) is 15.5. The molecule has 0 bridgehead atoms. The maximum Gasteiger partial charge on any atom is 0.315 e. The topological polar surface area (TPSA) is 83.1 Å². The van der Waals surface area contributed by atoms with Gasteiger partial charge in [-0.25, -0.2) is 4.79 Å². The van der Waals surface area contributed by atoms with E-state index >= 15 is 0 Å². The van der Waals surface area contributed by atoms with Crippen LogP contribution in [0, 0.1) is 0 Å². The van der Waals surface area contributed by atoms with E-state index in [4.69, 9.17) is 9.47 Å². The van der Waals surface area contributed by atoms with Gasteiger partial charge in [0, 0.05) is 37.7 Å². The van der Waals surface area contributed by atoms with E-state index in [9.17, 15) is 9.90 Å². The van der Waals surface area contributed by atoms with Crippen LogP contribution in [0.25, 0.3) is 11.1 Å². The highest BCUT2D eigenvalue weighted by Crippen LogP contribution is 2.39. The number of urea groups is 1. The van der Waals surface area contributed by atoms with Crippen LogP contribution in [0.15, 0.2) is 133 Å². The number of ether oxygens (including phenoxy) is 2. The summed E-state index contributed by atoms with van der Waals surface area (Å²) >= 11 is 0. The number of carbonyl (C=O) groups excluding carboxylic acids is 1. The minimum Gasteiger partial charge on any atom is -0.392 e. The van der Waals surface area contributed by atoms with E-state index in [1.807, 2.05) is 78.9 Å².